The smallest absolute Gasteiger partial charge is 0.185 e. The molecule has 1 fully saturated rings. The maximum absolute atomic E-state index is 12.7. The number of thioether (sulfide) groups is 1. The number of carbonyl (C=O) groups is 1. The zero-order chi connectivity index (χ0) is 22.4. The van der Waals surface area contributed by atoms with Gasteiger partial charge in [-0.25, -0.2) is 0 Å². The molecule has 0 heterocycles. The quantitative estimate of drug-likeness (QED) is 0.275. The standard InChI is InChI=1S/C27H34O3S/c1-18-14-22(15-19(2)26(18)29)10-11-25(28)23-16-20(3)27(21(4)17-23)30-12-13-31-24-8-6-5-7-9-24/h10-11,14-17,24,29H,5-9,12-13H2,1-4H3. The Bertz CT molecular complexity index is 909. The van der Waals surface area contributed by atoms with Crippen molar-refractivity contribution in [1.29, 1.82) is 0 Å². The average molecular weight is 439 g/mol. The number of ether oxygens (including phenoxy) is 1. The number of aryl methyl sites for hydroxylation is 4. The minimum Gasteiger partial charge on any atom is -0.507 e. The summed E-state index contributed by atoms with van der Waals surface area (Å²) in [5, 5.41) is 10.7. The van der Waals surface area contributed by atoms with Gasteiger partial charge in [0.1, 0.15) is 11.5 Å². The van der Waals surface area contributed by atoms with Gasteiger partial charge < -0.3 is 9.84 Å². The van der Waals surface area contributed by atoms with Crippen molar-refractivity contribution in [2.24, 2.45) is 0 Å². The van der Waals surface area contributed by atoms with E-state index >= 15 is 0 Å². The van der Waals surface area contributed by atoms with Crippen LogP contribution in [0.15, 0.2) is 30.3 Å². The first kappa shape index (κ1) is 23.5. The van der Waals surface area contributed by atoms with Crippen LogP contribution in [0.1, 0.15) is 70.3 Å². The van der Waals surface area contributed by atoms with Gasteiger partial charge in [0.2, 0.25) is 0 Å². The van der Waals surface area contributed by atoms with E-state index in [1.54, 1.807) is 12.2 Å². The summed E-state index contributed by atoms with van der Waals surface area (Å²) in [5.74, 6) is 2.18. The number of carbonyl (C=O) groups excluding carboxylic acids is 1. The Morgan fingerprint density at radius 3 is 2.23 bits per heavy atom. The van der Waals surface area contributed by atoms with Crippen molar-refractivity contribution in [3.05, 3.63) is 63.7 Å². The lowest BCUT2D eigenvalue weighted by Crippen LogP contribution is -2.11. The van der Waals surface area contributed by atoms with Crippen molar-refractivity contribution in [3.63, 3.8) is 0 Å². The first-order valence-corrected chi connectivity index (χ1v) is 12.3. The Labute approximate surface area is 190 Å². The molecule has 0 saturated heterocycles. The predicted octanol–water partition coefficient (Wildman–Crippen LogP) is 6.97. The van der Waals surface area contributed by atoms with E-state index in [9.17, 15) is 9.90 Å². The molecule has 0 atom stereocenters. The van der Waals surface area contributed by atoms with E-state index in [4.69, 9.17) is 4.74 Å². The maximum atomic E-state index is 12.7. The summed E-state index contributed by atoms with van der Waals surface area (Å²) in [6.07, 6.45) is 10.2. The van der Waals surface area contributed by atoms with Crippen LogP contribution < -0.4 is 4.74 Å². The summed E-state index contributed by atoms with van der Waals surface area (Å²) in [7, 11) is 0. The number of aromatic hydroxyl groups is 1. The van der Waals surface area contributed by atoms with Gasteiger partial charge in [0.15, 0.2) is 5.78 Å². The van der Waals surface area contributed by atoms with E-state index in [1.807, 2.05) is 63.7 Å². The molecule has 2 aromatic rings. The monoisotopic (exact) mass is 438 g/mol. The van der Waals surface area contributed by atoms with Crippen LogP contribution in [-0.2, 0) is 0 Å². The summed E-state index contributed by atoms with van der Waals surface area (Å²) < 4.78 is 6.09. The number of benzene rings is 2. The second kappa shape index (κ2) is 10.9. The Morgan fingerprint density at radius 1 is 1.00 bits per heavy atom. The SMILES string of the molecule is Cc1cc(C=CC(=O)c2cc(C)c(OCCSC3CCCCC3)c(C)c2)cc(C)c1O. The molecule has 0 spiro atoms. The number of allylic oxidation sites excluding steroid dienone is 1. The zero-order valence-electron chi connectivity index (χ0n) is 19.2. The topological polar surface area (TPSA) is 46.5 Å². The first-order valence-electron chi connectivity index (χ1n) is 11.2. The van der Waals surface area contributed by atoms with Gasteiger partial charge >= 0.3 is 0 Å². The molecule has 166 valence electrons. The molecule has 0 aliphatic heterocycles. The minimum atomic E-state index is -0.0333. The highest BCUT2D eigenvalue weighted by molar-refractivity contribution is 7.99. The van der Waals surface area contributed by atoms with Crippen molar-refractivity contribution in [1.82, 2.24) is 0 Å². The highest BCUT2D eigenvalue weighted by Crippen LogP contribution is 2.29. The molecule has 1 N–H and O–H groups in total. The van der Waals surface area contributed by atoms with Crippen LogP contribution in [0.2, 0.25) is 0 Å². The third kappa shape index (κ3) is 6.39. The number of hydrogen-bond acceptors (Lipinski definition) is 4. The van der Waals surface area contributed by atoms with Crippen molar-refractivity contribution in [2.75, 3.05) is 12.4 Å². The van der Waals surface area contributed by atoms with Gasteiger partial charge in [-0.3, -0.25) is 4.79 Å². The molecule has 0 aromatic heterocycles. The molecule has 0 bridgehead atoms. The summed E-state index contributed by atoms with van der Waals surface area (Å²) in [6, 6.07) is 7.59. The Balaban J connectivity index is 1.60. The Hall–Kier alpha value is -2.20. The first-order chi connectivity index (χ1) is 14.8. The third-order valence-electron chi connectivity index (χ3n) is 5.92. The average Bonchev–Trinajstić information content (AvgIpc) is 2.75. The van der Waals surface area contributed by atoms with E-state index < -0.39 is 0 Å². The number of phenols is 1. The van der Waals surface area contributed by atoms with Crippen LogP contribution in [0, 0.1) is 27.7 Å². The molecule has 1 saturated carbocycles. The zero-order valence-corrected chi connectivity index (χ0v) is 20.0. The van der Waals surface area contributed by atoms with Crippen LogP contribution in [-0.4, -0.2) is 28.5 Å². The molecule has 0 radical (unpaired) electrons. The lowest BCUT2D eigenvalue weighted by atomic mass is 10.0. The fraction of sp³-hybridized carbons (Fsp3) is 0.444. The molecule has 3 nitrogen and oxygen atoms in total. The molecule has 0 unspecified atom stereocenters. The molecule has 0 amide bonds. The van der Waals surface area contributed by atoms with Gasteiger partial charge in [-0.15, -0.1) is 0 Å². The third-order valence-corrected chi connectivity index (χ3v) is 7.27. The van der Waals surface area contributed by atoms with Gasteiger partial charge in [0.25, 0.3) is 0 Å². The summed E-state index contributed by atoms with van der Waals surface area (Å²) in [5.41, 5.74) is 5.18. The second-order valence-electron chi connectivity index (χ2n) is 8.62. The van der Waals surface area contributed by atoms with Gasteiger partial charge in [-0.2, -0.15) is 11.8 Å². The van der Waals surface area contributed by atoms with Crippen LogP contribution >= 0.6 is 11.8 Å². The minimum absolute atomic E-state index is 0.0333. The van der Waals surface area contributed by atoms with E-state index in [-0.39, 0.29) is 5.78 Å². The summed E-state index contributed by atoms with van der Waals surface area (Å²) in [6.45, 7) is 8.43. The Morgan fingerprint density at radius 2 is 1.61 bits per heavy atom. The van der Waals surface area contributed by atoms with Gasteiger partial charge in [0, 0.05) is 16.6 Å². The van der Waals surface area contributed by atoms with E-state index in [1.165, 1.54) is 32.1 Å². The van der Waals surface area contributed by atoms with Gasteiger partial charge in [-0.1, -0.05) is 25.3 Å². The molecule has 1 aliphatic rings. The largest absolute Gasteiger partial charge is 0.507 e. The van der Waals surface area contributed by atoms with E-state index in [2.05, 4.69) is 0 Å². The lowest BCUT2D eigenvalue weighted by Gasteiger charge is -2.21. The number of rotatable bonds is 8. The fourth-order valence-corrected chi connectivity index (χ4v) is 5.44. The number of hydrogen-bond donors (Lipinski definition) is 1. The van der Waals surface area contributed by atoms with Crippen molar-refractivity contribution < 1.29 is 14.6 Å². The second-order valence-corrected chi connectivity index (χ2v) is 10.0. The normalized spacial score (nSPS) is 14.8. The Kier molecular flexibility index (Phi) is 8.25. The number of phenolic OH excluding ortho intramolecular Hbond substituents is 1. The van der Waals surface area contributed by atoms with Crippen LogP contribution in [0.4, 0.5) is 0 Å². The van der Waals surface area contributed by atoms with Crippen LogP contribution in [0.3, 0.4) is 0 Å². The van der Waals surface area contributed by atoms with Gasteiger partial charge in [-0.05, 0) is 98.7 Å². The summed E-state index contributed by atoms with van der Waals surface area (Å²) in [4.78, 5) is 12.7. The number of ketones is 1. The fourth-order valence-electron chi connectivity index (χ4n) is 4.26. The van der Waals surface area contributed by atoms with Crippen LogP contribution in [0.5, 0.6) is 11.5 Å². The molecular weight excluding hydrogens is 404 g/mol. The van der Waals surface area contributed by atoms with Crippen LogP contribution in [0.25, 0.3) is 6.08 Å². The molecule has 1 aliphatic carbocycles. The maximum Gasteiger partial charge on any atom is 0.185 e. The molecule has 3 rings (SSSR count). The van der Waals surface area contributed by atoms with Crippen molar-refractivity contribution in [2.45, 2.75) is 65.0 Å². The van der Waals surface area contributed by atoms with E-state index in [0.29, 0.717) is 17.9 Å². The molecule has 2 aromatic carbocycles. The van der Waals surface area contributed by atoms with E-state index in [0.717, 1.165) is 44.6 Å². The summed E-state index contributed by atoms with van der Waals surface area (Å²) >= 11 is 2.04. The van der Waals surface area contributed by atoms with Gasteiger partial charge in [0.05, 0.1) is 6.61 Å². The highest BCUT2D eigenvalue weighted by atomic mass is 32.2. The predicted molar refractivity (Wildman–Crippen MR) is 132 cm³/mol. The van der Waals surface area contributed by atoms with Crippen molar-refractivity contribution in [3.8, 4) is 11.5 Å². The molecule has 31 heavy (non-hydrogen) atoms. The lowest BCUT2D eigenvalue weighted by molar-refractivity contribution is 0.104. The molecule has 4 heteroatoms. The molecular formula is C27H34O3S. The van der Waals surface area contributed by atoms with Crippen molar-refractivity contribution >= 4 is 23.6 Å². The highest BCUT2D eigenvalue weighted by Gasteiger charge is 2.14.